The lowest BCUT2D eigenvalue weighted by molar-refractivity contribution is 1.10. The van der Waals surface area contributed by atoms with E-state index in [0.717, 1.165) is 10.8 Å². The van der Waals surface area contributed by atoms with E-state index in [-0.39, 0.29) is 0 Å². The van der Waals surface area contributed by atoms with Crippen molar-refractivity contribution >= 4 is 23.0 Å². The Labute approximate surface area is 91.4 Å². The van der Waals surface area contributed by atoms with Crippen LogP contribution in [0.2, 0.25) is 0 Å². The van der Waals surface area contributed by atoms with Gasteiger partial charge in [0.05, 0.1) is 23.9 Å². The number of hydrogen-bond donors (Lipinski definition) is 2. The number of nitrogens with one attached hydrogen (secondary N) is 1. The Morgan fingerprint density at radius 1 is 1.27 bits per heavy atom. The molecular formula is C9H11N5S. The molecule has 0 saturated carbocycles. The van der Waals surface area contributed by atoms with Crippen LogP contribution in [0.5, 0.6) is 0 Å². The fraction of sp³-hybridized carbons (Fsp3) is 0.222. The molecule has 0 aromatic carbocycles. The van der Waals surface area contributed by atoms with Crippen molar-refractivity contribution in [1.29, 1.82) is 0 Å². The van der Waals surface area contributed by atoms with Crippen LogP contribution in [-0.2, 0) is 6.54 Å². The van der Waals surface area contributed by atoms with E-state index in [1.807, 2.05) is 13.1 Å². The number of thiazole rings is 1. The SMILES string of the molecule is Cc1ncc(CNc2cnc(N)cn2)s1. The van der Waals surface area contributed by atoms with E-state index in [0.29, 0.717) is 12.4 Å². The number of hydrogen-bond acceptors (Lipinski definition) is 6. The summed E-state index contributed by atoms with van der Waals surface area (Å²) in [6.45, 7) is 2.70. The molecule has 78 valence electrons. The molecule has 0 spiro atoms. The first kappa shape index (κ1) is 9.85. The average molecular weight is 221 g/mol. The highest BCUT2D eigenvalue weighted by Gasteiger charge is 1.98. The maximum absolute atomic E-state index is 5.43. The van der Waals surface area contributed by atoms with E-state index in [1.165, 1.54) is 11.1 Å². The molecule has 2 aromatic rings. The van der Waals surface area contributed by atoms with Gasteiger partial charge in [-0.3, -0.25) is 0 Å². The van der Waals surface area contributed by atoms with Crippen molar-refractivity contribution in [2.45, 2.75) is 13.5 Å². The summed E-state index contributed by atoms with van der Waals surface area (Å²) in [5, 5.41) is 4.21. The third-order valence-electron chi connectivity index (χ3n) is 1.78. The zero-order valence-corrected chi connectivity index (χ0v) is 9.08. The van der Waals surface area contributed by atoms with Crippen molar-refractivity contribution in [2.24, 2.45) is 0 Å². The third kappa shape index (κ3) is 2.63. The standard InChI is InChI=1S/C9H11N5S/c1-6-11-2-7(15-6)3-13-9-5-12-8(10)4-14-9/h2,4-5H,3H2,1H3,(H2,10,12)(H,13,14). The molecule has 0 atom stereocenters. The van der Waals surface area contributed by atoms with Gasteiger partial charge in [0.2, 0.25) is 0 Å². The normalized spacial score (nSPS) is 10.2. The van der Waals surface area contributed by atoms with E-state index >= 15 is 0 Å². The van der Waals surface area contributed by atoms with Gasteiger partial charge in [-0.25, -0.2) is 15.0 Å². The van der Waals surface area contributed by atoms with Crippen molar-refractivity contribution in [2.75, 3.05) is 11.1 Å². The first-order valence-electron chi connectivity index (χ1n) is 4.47. The molecule has 0 radical (unpaired) electrons. The molecule has 2 heterocycles. The highest BCUT2D eigenvalue weighted by molar-refractivity contribution is 7.11. The first-order valence-corrected chi connectivity index (χ1v) is 5.28. The van der Waals surface area contributed by atoms with Gasteiger partial charge in [0, 0.05) is 11.1 Å². The Kier molecular flexibility index (Phi) is 2.77. The molecule has 0 unspecified atom stereocenters. The highest BCUT2D eigenvalue weighted by atomic mass is 32.1. The summed E-state index contributed by atoms with van der Waals surface area (Å²) in [5.74, 6) is 1.14. The quantitative estimate of drug-likeness (QED) is 0.820. The van der Waals surface area contributed by atoms with Crippen molar-refractivity contribution in [3.8, 4) is 0 Å². The molecule has 0 amide bonds. The number of anilines is 2. The lowest BCUT2D eigenvalue weighted by Crippen LogP contribution is -2.01. The van der Waals surface area contributed by atoms with Crippen molar-refractivity contribution < 1.29 is 0 Å². The van der Waals surface area contributed by atoms with Gasteiger partial charge in [0.25, 0.3) is 0 Å². The fourth-order valence-corrected chi connectivity index (χ4v) is 1.83. The van der Waals surface area contributed by atoms with Gasteiger partial charge in [-0.05, 0) is 6.92 Å². The van der Waals surface area contributed by atoms with Crippen LogP contribution in [0.1, 0.15) is 9.88 Å². The van der Waals surface area contributed by atoms with Crippen LogP contribution in [0.25, 0.3) is 0 Å². The molecular weight excluding hydrogens is 210 g/mol. The molecule has 3 N–H and O–H groups in total. The zero-order chi connectivity index (χ0) is 10.7. The van der Waals surface area contributed by atoms with Crippen molar-refractivity contribution in [1.82, 2.24) is 15.0 Å². The summed E-state index contributed by atoms with van der Waals surface area (Å²) in [5.41, 5.74) is 5.43. The molecule has 6 heteroatoms. The Bertz CT molecular complexity index is 436. The Balaban J connectivity index is 1.96. The second-order valence-corrected chi connectivity index (χ2v) is 4.34. The van der Waals surface area contributed by atoms with E-state index in [4.69, 9.17) is 5.73 Å². The minimum Gasteiger partial charge on any atom is -0.382 e. The number of nitrogens with zero attached hydrogens (tertiary/aromatic N) is 3. The average Bonchev–Trinajstić information content (AvgIpc) is 2.64. The maximum atomic E-state index is 5.43. The lowest BCUT2D eigenvalue weighted by Gasteiger charge is -2.02. The summed E-state index contributed by atoms with van der Waals surface area (Å²) in [6.07, 6.45) is 5.00. The van der Waals surface area contributed by atoms with Crippen LogP contribution in [0, 0.1) is 6.92 Å². The topological polar surface area (TPSA) is 76.7 Å². The monoisotopic (exact) mass is 221 g/mol. The predicted molar refractivity (Wildman–Crippen MR) is 60.6 cm³/mol. The predicted octanol–water partition coefficient (Wildman–Crippen LogP) is 1.44. The molecule has 0 aliphatic heterocycles. The minimum absolute atomic E-state index is 0.425. The van der Waals surface area contributed by atoms with E-state index in [9.17, 15) is 0 Å². The Morgan fingerprint density at radius 3 is 2.73 bits per heavy atom. The molecule has 0 fully saturated rings. The van der Waals surface area contributed by atoms with Crippen LogP contribution in [0.15, 0.2) is 18.6 Å². The van der Waals surface area contributed by atoms with Gasteiger partial charge in [0.1, 0.15) is 11.6 Å². The number of nitrogen functional groups attached to an aromatic ring is 1. The van der Waals surface area contributed by atoms with Crippen LogP contribution < -0.4 is 11.1 Å². The minimum atomic E-state index is 0.425. The van der Waals surface area contributed by atoms with Crippen LogP contribution >= 0.6 is 11.3 Å². The lowest BCUT2D eigenvalue weighted by atomic mass is 10.5. The van der Waals surface area contributed by atoms with Crippen LogP contribution in [0.3, 0.4) is 0 Å². The second kappa shape index (κ2) is 4.22. The van der Waals surface area contributed by atoms with Crippen LogP contribution in [0.4, 0.5) is 11.6 Å². The molecule has 0 bridgehead atoms. The maximum Gasteiger partial charge on any atom is 0.144 e. The molecule has 0 aliphatic carbocycles. The zero-order valence-electron chi connectivity index (χ0n) is 8.27. The van der Waals surface area contributed by atoms with Gasteiger partial charge < -0.3 is 11.1 Å². The van der Waals surface area contributed by atoms with Gasteiger partial charge in [-0.2, -0.15) is 0 Å². The van der Waals surface area contributed by atoms with Crippen molar-refractivity contribution in [3.63, 3.8) is 0 Å². The summed E-state index contributed by atoms with van der Waals surface area (Å²) < 4.78 is 0. The molecule has 2 rings (SSSR count). The summed E-state index contributed by atoms with van der Waals surface area (Å²) in [4.78, 5) is 13.4. The van der Waals surface area contributed by atoms with E-state index < -0.39 is 0 Å². The highest BCUT2D eigenvalue weighted by Crippen LogP contribution is 2.13. The summed E-state index contributed by atoms with van der Waals surface area (Å²) in [6, 6.07) is 0. The van der Waals surface area contributed by atoms with E-state index in [1.54, 1.807) is 17.5 Å². The molecule has 0 aliphatic rings. The Morgan fingerprint density at radius 2 is 2.13 bits per heavy atom. The number of nitrogens with two attached hydrogens (primary N) is 1. The largest absolute Gasteiger partial charge is 0.382 e. The van der Waals surface area contributed by atoms with Gasteiger partial charge >= 0.3 is 0 Å². The molecule has 5 nitrogen and oxygen atoms in total. The smallest absolute Gasteiger partial charge is 0.144 e. The van der Waals surface area contributed by atoms with Gasteiger partial charge in [-0.15, -0.1) is 11.3 Å². The van der Waals surface area contributed by atoms with Gasteiger partial charge in [-0.1, -0.05) is 0 Å². The Hall–Kier alpha value is -1.69. The van der Waals surface area contributed by atoms with E-state index in [2.05, 4.69) is 20.3 Å². The van der Waals surface area contributed by atoms with Crippen molar-refractivity contribution in [3.05, 3.63) is 28.5 Å². The second-order valence-electron chi connectivity index (χ2n) is 3.03. The number of aromatic nitrogens is 3. The van der Waals surface area contributed by atoms with Crippen LogP contribution in [-0.4, -0.2) is 15.0 Å². The first-order chi connectivity index (χ1) is 7.24. The molecule has 0 saturated heterocycles. The summed E-state index contributed by atoms with van der Waals surface area (Å²) in [7, 11) is 0. The number of aryl methyl sites for hydroxylation is 1. The fourth-order valence-electron chi connectivity index (χ4n) is 1.09. The molecule has 2 aromatic heterocycles. The molecule has 15 heavy (non-hydrogen) atoms. The third-order valence-corrected chi connectivity index (χ3v) is 2.70. The summed E-state index contributed by atoms with van der Waals surface area (Å²) >= 11 is 1.66. The van der Waals surface area contributed by atoms with Gasteiger partial charge in [0.15, 0.2) is 0 Å². The number of rotatable bonds is 3.